The average molecular weight is 275 g/mol. The van der Waals surface area contributed by atoms with Gasteiger partial charge in [0.25, 0.3) is 17.5 Å². The lowest BCUT2D eigenvalue weighted by Crippen LogP contribution is -2.36. The van der Waals surface area contributed by atoms with E-state index in [1.54, 1.807) is 0 Å². The van der Waals surface area contributed by atoms with Crippen LogP contribution in [0.5, 0.6) is 0 Å². The Kier molecular flexibility index (Phi) is 2.98. The van der Waals surface area contributed by atoms with Crippen molar-refractivity contribution in [2.75, 3.05) is 13.1 Å². The van der Waals surface area contributed by atoms with E-state index in [-0.39, 0.29) is 23.4 Å². The Hall–Kier alpha value is -2.28. The van der Waals surface area contributed by atoms with Crippen LogP contribution in [0.2, 0.25) is 0 Å². The van der Waals surface area contributed by atoms with Gasteiger partial charge < -0.3 is 5.32 Å². The Morgan fingerprint density at radius 1 is 1.30 bits per heavy atom. The van der Waals surface area contributed by atoms with Crippen LogP contribution in [-0.2, 0) is 0 Å². The minimum Gasteiger partial charge on any atom is -0.312 e. The number of amides is 2. The van der Waals surface area contributed by atoms with Gasteiger partial charge in [0.1, 0.15) is 5.56 Å². The van der Waals surface area contributed by atoms with Crippen molar-refractivity contribution in [2.24, 2.45) is 0 Å². The number of carbonyl (C=O) groups is 2. The minimum atomic E-state index is -0.629. The maximum absolute atomic E-state index is 12.2. The Bertz CT molecular complexity index is 610. The third-order valence-electron chi connectivity index (χ3n) is 3.52. The Balaban J connectivity index is 1.83. The van der Waals surface area contributed by atoms with E-state index in [1.165, 1.54) is 18.2 Å². The lowest BCUT2D eigenvalue weighted by molar-refractivity contribution is -0.385. The molecule has 104 valence electrons. The summed E-state index contributed by atoms with van der Waals surface area (Å²) < 4.78 is 0. The van der Waals surface area contributed by atoms with Gasteiger partial charge in [0.05, 0.1) is 10.5 Å². The van der Waals surface area contributed by atoms with Gasteiger partial charge in [-0.05, 0) is 18.9 Å². The highest BCUT2D eigenvalue weighted by atomic mass is 16.6. The van der Waals surface area contributed by atoms with Crippen molar-refractivity contribution in [3.8, 4) is 0 Å². The van der Waals surface area contributed by atoms with Gasteiger partial charge in [0, 0.05) is 25.2 Å². The van der Waals surface area contributed by atoms with Crippen molar-refractivity contribution in [3.05, 3.63) is 39.4 Å². The molecule has 0 unspecified atom stereocenters. The van der Waals surface area contributed by atoms with Crippen LogP contribution in [0, 0.1) is 10.1 Å². The predicted molar refractivity (Wildman–Crippen MR) is 69.5 cm³/mol. The molecule has 20 heavy (non-hydrogen) atoms. The molecule has 0 atom stereocenters. The Morgan fingerprint density at radius 2 is 2.05 bits per heavy atom. The Labute approximate surface area is 114 Å². The van der Waals surface area contributed by atoms with Crippen LogP contribution in [0.4, 0.5) is 5.69 Å². The summed E-state index contributed by atoms with van der Waals surface area (Å²) in [6.45, 7) is 0.754. The molecular formula is C13H13N3O4. The van der Waals surface area contributed by atoms with Crippen molar-refractivity contribution >= 4 is 17.5 Å². The van der Waals surface area contributed by atoms with Gasteiger partial charge in [-0.15, -0.1) is 0 Å². The molecule has 1 heterocycles. The molecule has 0 spiro atoms. The maximum atomic E-state index is 12.2. The van der Waals surface area contributed by atoms with E-state index >= 15 is 0 Å². The zero-order chi connectivity index (χ0) is 14.3. The molecule has 0 saturated heterocycles. The second kappa shape index (κ2) is 4.68. The summed E-state index contributed by atoms with van der Waals surface area (Å²) in [5.41, 5.74) is -0.275. The van der Waals surface area contributed by atoms with Gasteiger partial charge in [0.2, 0.25) is 0 Å². The van der Waals surface area contributed by atoms with E-state index < -0.39 is 16.7 Å². The lowest BCUT2D eigenvalue weighted by Gasteiger charge is -2.13. The SMILES string of the molecule is O=C1c2cccc([N+](=O)[O-])c2C(=O)N1CCNC1CC1. The maximum Gasteiger partial charge on any atom is 0.282 e. The van der Waals surface area contributed by atoms with E-state index in [0.717, 1.165) is 17.7 Å². The number of benzene rings is 1. The number of carbonyl (C=O) groups excluding carboxylic acids is 2. The molecule has 1 aliphatic carbocycles. The number of hydrogen-bond acceptors (Lipinski definition) is 5. The summed E-state index contributed by atoms with van der Waals surface area (Å²) in [5.74, 6) is -1.03. The van der Waals surface area contributed by atoms with Crippen molar-refractivity contribution in [2.45, 2.75) is 18.9 Å². The first-order valence-corrected chi connectivity index (χ1v) is 6.46. The van der Waals surface area contributed by atoms with E-state index in [4.69, 9.17) is 0 Å². The molecule has 3 rings (SSSR count). The summed E-state index contributed by atoms with van der Waals surface area (Å²) in [6, 6.07) is 4.61. The largest absolute Gasteiger partial charge is 0.312 e. The van der Waals surface area contributed by atoms with Crippen molar-refractivity contribution in [3.63, 3.8) is 0 Å². The fourth-order valence-corrected chi connectivity index (χ4v) is 2.34. The monoisotopic (exact) mass is 275 g/mol. The van der Waals surface area contributed by atoms with Gasteiger partial charge in [0.15, 0.2) is 0 Å². The van der Waals surface area contributed by atoms with Crippen LogP contribution in [0.25, 0.3) is 0 Å². The van der Waals surface area contributed by atoms with Crippen LogP contribution in [-0.4, -0.2) is 40.8 Å². The van der Waals surface area contributed by atoms with Gasteiger partial charge in [-0.25, -0.2) is 0 Å². The molecule has 1 aromatic carbocycles. The van der Waals surface area contributed by atoms with Crippen LogP contribution in [0.3, 0.4) is 0 Å². The second-order valence-corrected chi connectivity index (χ2v) is 4.95. The summed E-state index contributed by atoms with van der Waals surface area (Å²) >= 11 is 0. The molecule has 7 heteroatoms. The van der Waals surface area contributed by atoms with Gasteiger partial charge in [-0.3, -0.25) is 24.6 Å². The number of nitro groups is 1. The second-order valence-electron chi connectivity index (χ2n) is 4.95. The van der Waals surface area contributed by atoms with Crippen molar-refractivity contribution in [1.29, 1.82) is 0 Å². The fourth-order valence-electron chi connectivity index (χ4n) is 2.34. The van der Waals surface area contributed by atoms with Crippen LogP contribution < -0.4 is 5.32 Å². The number of nitrogens with one attached hydrogen (secondary N) is 1. The van der Waals surface area contributed by atoms with E-state index in [1.807, 2.05) is 0 Å². The summed E-state index contributed by atoms with van der Waals surface area (Å²) in [6.07, 6.45) is 2.24. The highest BCUT2D eigenvalue weighted by Crippen LogP contribution is 2.30. The zero-order valence-corrected chi connectivity index (χ0v) is 10.7. The van der Waals surface area contributed by atoms with Crippen molar-refractivity contribution in [1.82, 2.24) is 10.2 Å². The summed E-state index contributed by atoms with van der Waals surface area (Å²) in [5, 5.41) is 14.2. The standard InChI is InChI=1S/C13H13N3O4/c17-12-9-2-1-3-10(16(19)20)11(9)13(18)15(12)7-6-14-8-4-5-8/h1-3,8,14H,4-7H2. The smallest absolute Gasteiger partial charge is 0.282 e. The van der Waals surface area contributed by atoms with E-state index in [9.17, 15) is 19.7 Å². The van der Waals surface area contributed by atoms with E-state index in [0.29, 0.717) is 12.6 Å². The van der Waals surface area contributed by atoms with Gasteiger partial charge >= 0.3 is 0 Å². The first-order valence-electron chi connectivity index (χ1n) is 6.46. The first-order chi connectivity index (χ1) is 9.59. The number of fused-ring (bicyclic) bond motifs is 1. The Morgan fingerprint density at radius 3 is 2.70 bits per heavy atom. The highest BCUT2D eigenvalue weighted by Gasteiger charge is 2.40. The quantitative estimate of drug-likeness (QED) is 0.490. The topological polar surface area (TPSA) is 92.5 Å². The van der Waals surface area contributed by atoms with Gasteiger partial charge in [-0.1, -0.05) is 6.07 Å². The van der Waals surface area contributed by atoms with Crippen LogP contribution >= 0.6 is 0 Å². The first kappa shape index (κ1) is 12.7. The number of rotatable bonds is 5. The van der Waals surface area contributed by atoms with Gasteiger partial charge in [-0.2, -0.15) is 0 Å². The van der Waals surface area contributed by atoms with Crippen molar-refractivity contribution < 1.29 is 14.5 Å². The van der Waals surface area contributed by atoms with E-state index in [2.05, 4.69) is 5.32 Å². The molecule has 7 nitrogen and oxygen atoms in total. The highest BCUT2D eigenvalue weighted by molar-refractivity contribution is 6.23. The lowest BCUT2D eigenvalue weighted by atomic mass is 10.1. The average Bonchev–Trinajstić information content (AvgIpc) is 3.21. The number of imide groups is 1. The molecule has 2 amide bonds. The fraction of sp³-hybridized carbons (Fsp3) is 0.385. The van der Waals surface area contributed by atoms with Crippen LogP contribution in [0.1, 0.15) is 33.6 Å². The number of nitrogens with zero attached hydrogens (tertiary/aromatic N) is 2. The molecule has 1 N–H and O–H groups in total. The zero-order valence-electron chi connectivity index (χ0n) is 10.7. The van der Waals surface area contributed by atoms with Crippen LogP contribution in [0.15, 0.2) is 18.2 Å². The molecule has 0 bridgehead atoms. The normalized spacial score (nSPS) is 17.5. The number of nitro benzene ring substituents is 1. The number of hydrogen-bond donors (Lipinski definition) is 1. The molecule has 0 aromatic heterocycles. The third kappa shape index (κ3) is 2.05. The predicted octanol–water partition coefficient (Wildman–Crippen LogP) is 0.943. The molecular weight excluding hydrogens is 262 g/mol. The molecule has 1 saturated carbocycles. The molecule has 2 aliphatic rings. The molecule has 1 fully saturated rings. The molecule has 1 aliphatic heterocycles. The third-order valence-corrected chi connectivity index (χ3v) is 3.52. The summed E-state index contributed by atoms with van der Waals surface area (Å²) in [7, 11) is 0. The summed E-state index contributed by atoms with van der Waals surface area (Å²) in [4.78, 5) is 35.7. The minimum absolute atomic E-state index is 0.0890. The molecule has 1 aromatic rings. The molecule has 0 radical (unpaired) electrons.